The summed E-state index contributed by atoms with van der Waals surface area (Å²) in [4.78, 5) is 18.9. The number of carbonyl (C=O) groups is 1. The van der Waals surface area contributed by atoms with Gasteiger partial charge in [0.05, 0.1) is 19.5 Å². The van der Waals surface area contributed by atoms with E-state index in [0.717, 1.165) is 11.1 Å². The summed E-state index contributed by atoms with van der Waals surface area (Å²) in [7, 11) is 1.58. The lowest BCUT2D eigenvalue weighted by Crippen LogP contribution is -2.47. The second kappa shape index (κ2) is 7.99. The molecule has 0 aromatic heterocycles. The number of anilines is 1. The lowest BCUT2D eigenvalue weighted by atomic mass is 9.80. The van der Waals surface area contributed by atoms with Gasteiger partial charge < -0.3 is 14.7 Å². The van der Waals surface area contributed by atoms with Gasteiger partial charge in [-0.25, -0.2) is 9.18 Å². The zero-order valence-corrected chi connectivity index (χ0v) is 16.4. The summed E-state index contributed by atoms with van der Waals surface area (Å²) in [6.45, 7) is 0. The van der Waals surface area contributed by atoms with Crippen LogP contribution in [0.25, 0.3) is 0 Å². The lowest BCUT2D eigenvalue weighted by molar-refractivity contribution is -0.143. The molecule has 0 bridgehead atoms. The summed E-state index contributed by atoms with van der Waals surface area (Å²) in [5.74, 6) is -0.701. The number of carboxylic acid groups (broad SMARTS) is 1. The van der Waals surface area contributed by atoms with Crippen LogP contribution in [0.4, 0.5) is 10.1 Å². The predicted octanol–water partition coefficient (Wildman–Crippen LogP) is 4.49. The van der Waals surface area contributed by atoms with E-state index in [4.69, 9.17) is 4.74 Å². The number of nitrogens with zero attached hydrogens (tertiary/aromatic N) is 2. The number of hydrogen-bond acceptors (Lipinski definition) is 4. The van der Waals surface area contributed by atoms with Crippen LogP contribution >= 0.6 is 0 Å². The highest BCUT2D eigenvalue weighted by atomic mass is 19.1. The van der Waals surface area contributed by atoms with Gasteiger partial charge in [0.25, 0.3) is 0 Å². The molecule has 0 spiro atoms. The number of benzene rings is 3. The summed E-state index contributed by atoms with van der Waals surface area (Å²) < 4.78 is 18.7. The molecule has 152 valence electrons. The van der Waals surface area contributed by atoms with Crippen LogP contribution in [-0.4, -0.2) is 30.1 Å². The highest BCUT2D eigenvalue weighted by Gasteiger charge is 2.52. The number of hydrogen-bond donors (Lipinski definition) is 1. The molecule has 4 rings (SSSR count). The van der Waals surface area contributed by atoms with E-state index in [1.165, 1.54) is 12.1 Å². The van der Waals surface area contributed by atoms with Gasteiger partial charge in [-0.3, -0.25) is 4.99 Å². The molecule has 6 heteroatoms. The van der Waals surface area contributed by atoms with Crippen molar-refractivity contribution in [3.63, 3.8) is 0 Å². The van der Waals surface area contributed by atoms with Crippen molar-refractivity contribution in [1.82, 2.24) is 0 Å². The number of carboxylic acids is 1. The van der Waals surface area contributed by atoms with E-state index >= 15 is 0 Å². The van der Waals surface area contributed by atoms with E-state index in [9.17, 15) is 14.3 Å². The Morgan fingerprint density at radius 1 is 1.07 bits per heavy atom. The topological polar surface area (TPSA) is 62.1 Å². The molecule has 0 fully saturated rings. The van der Waals surface area contributed by atoms with Crippen molar-refractivity contribution in [1.29, 1.82) is 0 Å². The number of aliphatic imine (C=N–C) groups is 1. The summed E-state index contributed by atoms with van der Waals surface area (Å²) in [6.07, 6.45) is 1.76. The van der Waals surface area contributed by atoms with Crippen molar-refractivity contribution >= 4 is 18.0 Å². The molecule has 0 saturated heterocycles. The molecule has 0 saturated carbocycles. The molecule has 2 atom stereocenters. The Balaban J connectivity index is 1.83. The van der Waals surface area contributed by atoms with Crippen molar-refractivity contribution in [2.75, 3.05) is 12.0 Å². The standard InChI is InChI=1S/C24H21FN2O3/c1-30-21-13-7-18(8-14-21)22-24(23(28)29,15-17-5-3-2-4-6-17)26-16-27(22)20-11-9-19(25)10-12-20/h2-14,16,22H,15H2,1H3,(H,28,29). The average Bonchev–Trinajstić information content (AvgIpc) is 3.15. The third-order valence-electron chi connectivity index (χ3n) is 5.39. The van der Waals surface area contributed by atoms with E-state index in [-0.39, 0.29) is 12.2 Å². The Hall–Kier alpha value is -3.67. The molecule has 0 amide bonds. The molecule has 3 aromatic carbocycles. The maximum absolute atomic E-state index is 13.5. The molecule has 1 heterocycles. The van der Waals surface area contributed by atoms with Crippen molar-refractivity contribution in [2.24, 2.45) is 4.99 Å². The van der Waals surface area contributed by atoms with E-state index in [0.29, 0.717) is 11.4 Å². The quantitative estimate of drug-likeness (QED) is 0.658. The van der Waals surface area contributed by atoms with Gasteiger partial charge >= 0.3 is 5.97 Å². The Morgan fingerprint density at radius 2 is 1.73 bits per heavy atom. The van der Waals surface area contributed by atoms with E-state index < -0.39 is 17.6 Å². The second-order valence-corrected chi connectivity index (χ2v) is 7.20. The molecule has 5 nitrogen and oxygen atoms in total. The van der Waals surface area contributed by atoms with Gasteiger partial charge in [0.2, 0.25) is 0 Å². The van der Waals surface area contributed by atoms with E-state index in [1.54, 1.807) is 42.6 Å². The van der Waals surface area contributed by atoms with Crippen LogP contribution in [-0.2, 0) is 11.2 Å². The van der Waals surface area contributed by atoms with E-state index in [2.05, 4.69) is 4.99 Å². The maximum Gasteiger partial charge on any atom is 0.334 e. The van der Waals surface area contributed by atoms with Crippen LogP contribution in [0, 0.1) is 5.82 Å². The number of halogens is 1. The monoisotopic (exact) mass is 404 g/mol. The first-order chi connectivity index (χ1) is 14.5. The maximum atomic E-state index is 13.5. The highest BCUT2D eigenvalue weighted by Crippen LogP contribution is 2.43. The van der Waals surface area contributed by atoms with Gasteiger partial charge in [0.1, 0.15) is 11.6 Å². The minimum absolute atomic E-state index is 0.216. The molecule has 1 aliphatic rings. The molecule has 1 aliphatic heterocycles. The molecular weight excluding hydrogens is 383 g/mol. The fourth-order valence-electron chi connectivity index (χ4n) is 3.88. The molecule has 0 radical (unpaired) electrons. The molecular formula is C24H21FN2O3. The van der Waals surface area contributed by atoms with Crippen molar-refractivity contribution in [3.05, 3.63) is 95.8 Å². The molecule has 1 N–H and O–H groups in total. The number of aliphatic carboxylic acids is 1. The second-order valence-electron chi connectivity index (χ2n) is 7.20. The largest absolute Gasteiger partial charge is 0.497 e. The van der Waals surface area contributed by atoms with Crippen LogP contribution in [0.3, 0.4) is 0 Å². The smallest absolute Gasteiger partial charge is 0.334 e. The summed E-state index contributed by atoms with van der Waals surface area (Å²) in [6, 6.07) is 22.1. The van der Waals surface area contributed by atoms with Gasteiger partial charge in [-0.05, 0) is 47.5 Å². The molecule has 3 aromatic rings. The van der Waals surface area contributed by atoms with Crippen LogP contribution in [0.5, 0.6) is 5.75 Å². The normalized spacial score (nSPS) is 20.3. The SMILES string of the molecule is COc1ccc(C2N(c3ccc(F)cc3)C=NC2(Cc2ccccc2)C(=O)O)cc1. The summed E-state index contributed by atoms with van der Waals surface area (Å²) >= 11 is 0. The number of ether oxygens (including phenoxy) is 1. The summed E-state index contributed by atoms with van der Waals surface area (Å²) in [5.41, 5.74) is 0.870. The molecule has 30 heavy (non-hydrogen) atoms. The van der Waals surface area contributed by atoms with Crippen molar-refractivity contribution in [3.8, 4) is 5.75 Å². The average molecular weight is 404 g/mol. The minimum Gasteiger partial charge on any atom is -0.497 e. The van der Waals surface area contributed by atoms with Crippen LogP contribution < -0.4 is 9.64 Å². The lowest BCUT2D eigenvalue weighted by Gasteiger charge is -2.35. The van der Waals surface area contributed by atoms with Crippen LogP contribution in [0.1, 0.15) is 17.2 Å². The predicted molar refractivity (Wildman–Crippen MR) is 114 cm³/mol. The Bertz CT molecular complexity index is 1050. The first-order valence-corrected chi connectivity index (χ1v) is 9.54. The fourth-order valence-corrected chi connectivity index (χ4v) is 3.88. The minimum atomic E-state index is -1.44. The molecule has 2 unspecified atom stereocenters. The number of rotatable bonds is 6. The zero-order valence-electron chi connectivity index (χ0n) is 16.4. The Labute approximate surface area is 174 Å². The molecule has 0 aliphatic carbocycles. The fraction of sp³-hybridized carbons (Fsp3) is 0.167. The summed E-state index contributed by atoms with van der Waals surface area (Å²) in [5, 5.41) is 10.3. The highest BCUT2D eigenvalue weighted by molar-refractivity contribution is 5.93. The van der Waals surface area contributed by atoms with Gasteiger partial charge in [0.15, 0.2) is 5.54 Å². The zero-order chi connectivity index (χ0) is 21.1. The third kappa shape index (κ3) is 3.52. The van der Waals surface area contributed by atoms with Crippen molar-refractivity contribution in [2.45, 2.75) is 18.0 Å². The van der Waals surface area contributed by atoms with Crippen LogP contribution in [0.2, 0.25) is 0 Å². The first-order valence-electron chi connectivity index (χ1n) is 9.54. The van der Waals surface area contributed by atoms with Gasteiger partial charge in [-0.1, -0.05) is 42.5 Å². The van der Waals surface area contributed by atoms with E-state index in [1.807, 2.05) is 42.5 Å². The number of methoxy groups -OCH3 is 1. The van der Waals surface area contributed by atoms with Crippen LogP contribution in [0.15, 0.2) is 83.9 Å². The van der Waals surface area contributed by atoms with Gasteiger partial charge in [-0.15, -0.1) is 0 Å². The Kier molecular flexibility index (Phi) is 5.23. The Morgan fingerprint density at radius 3 is 2.33 bits per heavy atom. The van der Waals surface area contributed by atoms with Gasteiger partial charge in [0, 0.05) is 12.1 Å². The van der Waals surface area contributed by atoms with Crippen molar-refractivity contribution < 1.29 is 19.0 Å². The van der Waals surface area contributed by atoms with Gasteiger partial charge in [-0.2, -0.15) is 0 Å². The first kappa shape index (κ1) is 19.6. The third-order valence-corrected chi connectivity index (χ3v) is 5.39.